The zero-order valence-electron chi connectivity index (χ0n) is 8.33. The molecule has 1 rings (SSSR count). The monoisotopic (exact) mass is 215 g/mol. The lowest BCUT2D eigenvalue weighted by atomic mass is 10.2. The minimum absolute atomic E-state index is 0.303. The molecule has 0 aliphatic rings. The molecule has 0 aliphatic carbocycles. The molecule has 1 aromatic heterocycles. The van der Waals surface area contributed by atoms with E-state index in [0.29, 0.717) is 5.76 Å². The zero-order valence-corrected chi connectivity index (χ0v) is 8.33. The van der Waals surface area contributed by atoms with Crippen molar-refractivity contribution in [3.63, 3.8) is 0 Å². The Morgan fingerprint density at radius 1 is 1.44 bits per heavy atom. The summed E-state index contributed by atoms with van der Waals surface area (Å²) in [5.41, 5.74) is -0.303. The zero-order chi connectivity index (χ0) is 11.8. The van der Waals surface area contributed by atoms with Crippen LogP contribution in [0.2, 0.25) is 0 Å². The number of aliphatic carboxylic acids is 1. The molecule has 1 aromatic rings. The van der Waals surface area contributed by atoms with Gasteiger partial charge in [-0.15, -0.1) is 0 Å². The van der Waals surface area contributed by atoms with Gasteiger partial charge in [-0.1, -0.05) is 18.2 Å². The molecule has 0 radical (unpaired) electrons. The summed E-state index contributed by atoms with van der Waals surface area (Å²) in [4.78, 5) is 10.4. The normalized spacial score (nSPS) is 12.1. The van der Waals surface area contributed by atoms with Crippen molar-refractivity contribution in [3.05, 3.63) is 54.0 Å². The molecule has 1 N–H and O–H groups in total. The topological polar surface area (TPSA) is 74.2 Å². The molecule has 0 unspecified atom stereocenters. The second kappa shape index (κ2) is 6.04. The van der Waals surface area contributed by atoms with E-state index in [1.54, 1.807) is 42.7 Å². The summed E-state index contributed by atoms with van der Waals surface area (Å²) in [5, 5.41) is 17.0. The molecule has 0 aliphatic heterocycles. The fourth-order valence-electron chi connectivity index (χ4n) is 0.909. The third-order valence-electron chi connectivity index (χ3n) is 1.64. The molecule has 0 bridgehead atoms. The first kappa shape index (κ1) is 11.5. The number of nitriles is 1. The van der Waals surface area contributed by atoms with Gasteiger partial charge in [-0.05, 0) is 24.3 Å². The summed E-state index contributed by atoms with van der Waals surface area (Å²) >= 11 is 0. The average molecular weight is 215 g/mol. The van der Waals surface area contributed by atoms with Gasteiger partial charge in [0.05, 0.1) is 6.26 Å². The van der Waals surface area contributed by atoms with Gasteiger partial charge in [-0.3, -0.25) is 0 Å². The van der Waals surface area contributed by atoms with Crippen LogP contribution in [0.4, 0.5) is 0 Å². The van der Waals surface area contributed by atoms with Gasteiger partial charge in [0.25, 0.3) is 0 Å². The molecule has 0 fully saturated rings. The van der Waals surface area contributed by atoms with Crippen molar-refractivity contribution in [1.29, 1.82) is 5.26 Å². The van der Waals surface area contributed by atoms with Crippen molar-refractivity contribution in [2.75, 3.05) is 0 Å². The Morgan fingerprint density at radius 3 is 2.81 bits per heavy atom. The summed E-state index contributed by atoms with van der Waals surface area (Å²) in [6.45, 7) is 0. The van der Waals surface area contributed by atoms with Gasteiger partial charge < -0.3 is 9.52 Å². The molecule has 0 saturated heterocycles. The predicted octanol–water partition coefficient (Wildman–Crippen LogP) is 2.38. The van der Waals surface area contributed by atoms with Crippen LogP contribution in [0.15, 0.2) is 52.7 Å². The van der Waals surface area contributed by atoms with Crippen LogP contribution in [-0.4, -0.2) is 11.1 Å². The number of allylic oxidation sites excluding steroid dienone is 4. The Bertz CT molecular complexity index is 473. The van der Waals surface area contributed by atoms with Crippen LogP contribution in [0, 0.1) is 11.3 Å². The number of furan rings is 1. The van der Waals surface area contributed by atoms with Crippen molar-refractivity contribution >= 4 is 12.0 Å². The lowest BCUT2D eigenvalue weighted by Crippen LogP contribution is -1.96. The molecule has 1 heterocycles. The third-order valence-corrected chi connectivity index (χ3v) is 1.64. The van der Waals surface area contributed by atoms with E-state index < -0.39 is 5.97 Å². The maximum absolute atomic E-state index is 10.4. The summed E-state index contributed by atoms with van der Waals surface area (Å²) in [5.74, 6) is -0.533. The maximum atomic E-state index is 10.4. The largest absolute Gasteiger partial charge is 0.477 e. The Hall–Kier alpha value is -2.54. The van der Waals surface area contributed by atoms with Crippen molar-refractivity contribution in [3.8, 4) is 6.07 Å². The average Bonchev–Trinajstić information content (AvgIpc) is 2.75. The van der Waals surface area contributed by atoms with Crippen LogP contribution in [0.1, 0.15) is 5.76 Å². The Balaban J connectivity index is 2.56. The fraction of sp³-hybridized carbons (Fsp3) is 0. The van der Waals surface area contributed by atoms with Crippen molar-refractivity contribution in [1.82, 2.24) is 0 Å². The first-order valence-electron chi connectivity index (χ1n) is 4.46. The van der Waals surface area contributed by atoms with E-state index in [9.17, 15) is 4.79 Å². The fourth-order valence-corrected chi connectivity index (χ4v) is 0.909. The van der Waals surface area contributed by atoms with Gasteiger partial charge in [0.2, 0.25) is 0 Å². The lowest BCUT2D eigenvalue weighted by molar-refractivity contribution is -0.132. The number of carboxylic acid groups (broad SMARTS) is 1. The lowest BCUT2D eigenvalue weighted by Gasteiger charge is -1.84. The molecule has 4 heteroatoms. The van der Waals surface area contributed by atoms with E-state index in [2.05, 4.69) is 0 Å². The number of hydrogen-bond donors (Lipinski definition) is 1. The van der Waals surface area contributed by atoms with Crippen LogP contribution in [0.5, 0.6) is 0 Å². The standard InChI is InChI=1S/C12H9NO3/c13-9-10(12(14)15)5-2-1-3-6-11-7-4-8-16-11/h1-8H,(H,14,15). The van der Waals surface area contributed by atoms with Gasteiger partial charge in [-0.2, -0.15) is 5.26 Å². The Labute approximate surface area is 92.4 Å². The van der Waals surface area contributed by atoms with E-state index in [-0.39, 0.29) is 5.57 Å². The first-order chi connectivity index (χ1) is 7.74. The van der Waals surface area contributed by atoms with E-state index in [4.69, 9.17) is 14.8 Å². The third kappa shape index (κ3) is 3.68. The maximum Gasteiger partial charge on any atom is 0.346 e. The summed E-state index contributed by atoms with van der Waals surface area (Å²) in [6, 6.07) is 5.13. The second-order valence-electron chi connectivity index (χ2n) is 2.76. The first-order valence-corrected chi connectivity index (χ1v) is 4.46. The van der Waals surface area contributed by atoms with E-state index >= 15 is 0 Å². The van der Waals surface area contributed by atoms with Crippen LogP contribution in [0.25, 0.3) is 6.08 Å². The predicted molar refractivity (Wildman–Crippen MR) is 58.2 cm³/mol. The van der Waals surface area contributed by atoms with Crippen molar-refractivity contribution in [2.24, 2.45) is 0 Å². The quantitative estimate of drug-likeness (QED) is 0.475. The molecule has 0 spiro atoms. The number of carbonyl (C=O) groups is 1. The van der Waals surface area contributed by atoms with Crippen LogP contribution in [0.3, 0.4) is 0 Å². The summed E-state index contributed by atoms with van der Waals surface area (Å²) in [6.07, 6.45) is 9.29. The minimum atomic E-state index is -1.23. The van der Waals surface area contributed by atoms with Gasteiger partial charge >= 0.3 is 5.97 Å². The molecule has 4 nitrogen and oxygen atoms in total. The molecule has 0 saturated carbocycles. The summed E-state index contributed by atoms with van der Waals surface area (Å²) < 4.78 is 5.04. The highest BCUT2D eigenvalue weighted by Crippen LogP contribution is 2.02. The Kier molecular flexibility index (Phi) is 4.35. The van der Waals surface area contributed by atoms with E-state index in [0.717, 1.165) is 0 Å². The van der Waals surface area contributed by atoms with Crippen LogP contribution >= 0.6 is 0 Å². The minimum Gasteiger partial charge on any atom is -0.477 e. The van der Waals surface area contributed by atoms with Crippen molar-refractivity contribution < 1.29 is 14.3 Å². The molecule has 0 aromatic carbocycles. The SMILES string of the molecule is N#CC(=CC=CC=Cc1ccco1)C(=O)O. The number of hydrogen-bond acceptors (Lipinski definition) is 3. The molecular weight excluding hydrogens is 206 g/mol. The highest BCUT2D eigenvalue weighted by atomic mass is 16.4. The van der Waals surface area contributed by atoms with E-state index in [1.807, 2.05) is 0 Å². The molecule has 0 atom stereocenters. The van der Waals surface area contributed by atoms with Gasteiger partial charge in [0.15, 0.2) is 0 Å². The molecular formula is C12H9NO3. The van der Waals surface area contributed by atoms with Crippen molar-refractivity contribution in [2.45, 2.75) is 0 Å². The number of carboxylic acids is 1. The molecule has 0 amide bonds. The number of nitrogens with zero attached hydrogens (tertiary/aromatic N) is 1. The van der Waals surface area contributed by atoms with E-state index in [1.165, 1.54) is 12.2 Å². The second-order valence-corrected chi connectivity index (χ2v) is 2.76. The highest BCUT2D eigenvalue weighted by molar-refractivity contribution is 5.91. The van der Waals surface area contributed by atoms with Crippen LogP contribution in [-0.2, 0) is 4.79 Å². The van der Waals surface area contributed by atoms with Gasteiger partial charge in [0.1, 0.15) is 17.4 Å². The van der Waals surface area contributed by atoms with Crippen LogP contribution < -0.4 is 0 Å². The summed E-state index contributed by atoms with van der Waals surface area (Å²) in [7, 11) is 0. The van der Waals surface area contributed by atoms with Gasteiger partial charge in [-0.25, -0.2) is 4.79 Å². The number of rotatable bonds is 4. The Morgan fingerprint density at radius 2 is 2.25 bits per heavy atom. The smallest absolute Gasteiger partial charge is 0.346 e. The molecule has 80 valence electrons. The highest BCUT2D eigenvalue weighted by Gasteiger charge is 2.01. The molecule has 16 heavy (non-hydrogen) atoms. The van der Waals surface area contributed by atoms with Gasteiger partial charge in [0, 0.05) is 0 Å².